The lowest BCUT2D eigenvalue weighted by Gasteiger charge is -2.10. The van der Waals surface area contributed by atoms with Gasteiger partial charge in [0.15, 0.2) is 5.69 Å². The molecule has 0 bridgehead atoms. The molecule has 1 heterocycles. The summed E-state index contributed by atoms with van der Waals surface area (Å²) in [5, 5.41) is 4.69. The molecule has 2 N–H and O–H groups in total. The van der Waals surface area contributed by atoms with Gasteiger partial charge in [-0.3, -0.25) is 20.4 Å². The fourth-order valence-electron chi connectivity index (χ4n) is 2.66. The maximum Gasteiger partial charge on any atom is 0.290 e. The first kappa shape index (κ1) is 20.2. The second-order valence-corrected chi connectivity index (χ2v) is 6.51. The first-order valence-corrected chi connectivity index (χ1v) is 8.95. The third-order valence-corrected chi connectivity index (χ3v) is 4.34. The number of benzene rings is 2. The molecule has 0 aliphatic rings. The highest BCUT2D eigenvalue weighted by molar-refractivity contribution is 6.30. The molecule has 29 heavy (non-hydrogen) atoms. The lowest BCUT2D eigenvalue weighted by atomic mass is 10.2. The van der Waals surface area contributed by atoms with Crippen molar-refractivity contribution < 1.29 is 19.1 Å². The van der Waals surface area contributed by atoms with Gasteiger partial charge in [-0.05, 0) is 48.9 Å². The number of carbonyl (C=O) groups is 2. The Morgan fingerprint density at radius 2 is 1.69 bits per heavy atom. The van der Waals surface area contributed by atoms with Crippen LogP contribution < -0.4 is 20.3 Å². The topological polar surface area (TPSA) is 94.5 Å². The van der Waals surface area contributed by atoms with Crippen molar-refractivity contribution in [3.05, 3.63) is 70.5 Å². The summed E-state index contributed by atoms with van der Waals surface area (Å²) in [7, 11) is 2.99. The summed E-state index contributed by atoms with van der Waals surface area (Å²) < 4.78 is 12.0. The van der Waals surface area contributed by atoms with Crippen molar-refractivity contribution in [3.63, 3.8) is 0 Å². The van der Waals surface area contributed by atoms with Gasteiger partial charge in [0.1, 0.15) is 17.2 Å². The summed E-state index contributed by atoms with van der Waals surface area (Å²) in [5.74, 6) is -0.211. The van der Waals surface area contributed by atoms with Crippen LogP contribution in [0.3, 0.4) is 0 Å². The maximum absolute atomic E-state index is 12.4. The molecule has 0 spiro atoms. The number of aryl methyl sites for hydroxylation is 1. The predicted octanol–water partition coefficient (Wildman–Crippen LogP) is 2.93. The smallest absolute Gasteiger partial charge is 0.290 e. The number of ether oxygens (including phenoxy) is 2. The van der Waals surface area contributed by atoms with Crippen molar-refractivity contribution in [2.24, 2.45) is 0 Å². The van der Waals surface area contributed by atoms with E-state index >= 15 is 0 Å². The third-order valence-electron chi connectivity index (χ3n) is 4.10. The van der Waals surface area contributed by atoms with E-state index in [1.807, 2.05) is 25.1 Å². The van der Waals surface area contributed by atoms with Crippen LogP contribution in [-0.4, -0.2) is 35.8 Å². The van der Waals surface area contributed by atoms with Crippen LogP contribution >= 0.6 is 11.6 Å². The van der Waals surface area contributed by atoms with Crippen LogP contribution in [0, 0.1) is 6.92 Å². The van der Waals surface area contributed by atoms with Crippen LogP contribution in [0.15, 0.2) is 48.7 Å². The quantitative estimate of drug-likeness (QED) is 0.626. The highest BCUT2D eigenvalue weighted by atomic mass is 35.5. The van der Waals surface area contributed by atoms with Crippen LogP contribution in [0.25, 0.3) is 5.69 Å². The third kappa shape index (κ3) is 4.49. The number of hydrogen-bond acceptors (Lipinski definition) is 5. The van der Waals surface area contributed by atoms with E-state index in [2.05, 4.69) is 16.0 Å². The van der Waals surface area contributed by atoms with E-state index in [0.717, 1.165) is 5.56 Å². The Labute approximate surface area is 172 Å². The summed E-state index contributed by atoms with van der Waals surface area (Å²) in [6.07, 6.45) is 1.64. The molecular weight excluding hydrogens is 396 g/mol. The number of aromatic nitrogens is 2. The molecule has 0 radical (unpaired) electrons. The summed E-state index contributed by atoms with van der Waals surface area (Å²) >= 11 is 5.89. The minimum absolute atomic E-state index is 0.122. The highest BCUT2D eigenvalue weighted by Gasteiger charge is 2.16. The number of nitrogens with one attached hydrogen (secondary N) is 2. The number of rotatable bonds is 5. The second-order valence-electron chi connectivity index (χ2n) is 6.07. The van der Waals surface area contributed by atoms with Crippen LogP contribution in [0.1, 0.15) is 26.4 Å². The number of methoxy groups -OCH3 is 2. The number of nitrogens with zero attached hydrogens (tertiary/aromatic N) is 2. The van der Waals surface area contributed by atoms with Crippen molar-refractivity contribution in [1.29, 1.82) is 0 Å². The van der Waals surface area contributed by atoms with E-state index in [1.165, 1.54) is 30.0 Å². The minimum Gasteiger partial charge on any atom is -0.496 e. The fraction of sp³-hybridized carbons (Fsp3) is 0.150. The van der Waals surface area contributed by atoms with Gasteiger partial charge < -0.3 is 9.47 Å². The predicted molar refractivity (Wildman–Crippen MR) is 108 cm³/mol. The van der Waals surface area contributed by atoms with E-state index in [1.54, 1.807) is 19.4 Å². The van der Waals surface area contributed by atoms with Gasteiger partial charge in [0.2, 0.25) is 0 Å². The largest absolute Gasteiger partial charge is 0.496 e. The second kappa shape index (κ2) is 8.66. The van der Waals surface area contributed by atoms with Crippen molar-refractivity contribution in [2.45, 2.75) is 6.92 Å². The summed E-state index contributed by atoms with van der Waals surface area (Å²) in [4.78, 5) is 24.7. The normalized spacial score (nSPS) is 10.3. The summed E-state index contributed by atoms with van der Waals surface area (Å²) in [6.45, 7) is 1.95. The lowest BCUT2D eigenvalue weighted by Crippen LogP contribution is -2.42. The van der Waals surface area contributed by atoms with Gasteiger partial charge in [-0.25, -0.2) is 4.68 Å². The molecule has 3 rings (SSSR count). The van der Waals surface area contributed by atoms with Crippen LogP contribution in [-0.2, 0) is 0 Å². The molecule has 150 valence electrons. The van der Waals surface area contributed by atoms with Crippen molar-refractivity contribution in [2.75, 3.05) is 14.2 Å². The van der Waals surface area contributed by atoms with Crippen LogP contribution in [0.5, 0.6) is 11.5 Å². The molecule has 0 aliphatic carbocycles. The fourth-order valence-corrected chi connectivity index (χ4v) is 2.82. The average molecular weight is 415 g/mol. The maximum atomic E-state index is 12.4. The molecule has 3 aromatic rings. The Morgan fingerprint density at radius 1 is 0.966 bits per heavy atom. The zero-order chi connectivity index (χ0) is 21.0. The Balaban J connectivity index is 1.72. The number of halogens is 1. The first-order valence-electron chi connectivity index (χ1n) is 8.58. The Hall–Kier alpha value is -3.52. The Kier molecular flexibility index (Phi) is 6.04. The highest BCUT2D eigenvalue weighted by Crippen LogP contribution is 2.24. The zero-order valence-corrected chi connectivity index (χ0v) is 16.8. The molecule has 0 saturated heterocycles. The zero-order valence-electron chi connectivity index (χ0n) is 16.0. The van der Waals surface area contributed by atoms with Gasteiger partial charge >= 0.3 is 0 Å². The monoisotopic (exact) mass is 414 g/mol. The number of amides is 2. The molecule has 0 aliphatic heterocycles. The number of hydrazine groups is 1. The van der Waals surface area contributed by atoms with E-state index in [4.69, 9.17) is 21.1 Å². The van der Waals surface area contributed by atoms with Crippen molar-refractivity contribution in [3.8, 4) is 17.2 Å². The van der Waals surface area contributed by atoms with Gasteiger partial charge in [-0.15, -0.1) is 0 Å². The van der Waals surface area contributed by atoms with Gasteiger partial charge in [-0.2, -0.15) is 5.10 Å². The summed E-state index contributed by atoms with van der Waals surface area (Å²) in [6, 6.07) is 11.7. The van der Waals surface area contributed by atoms with Crippen LogP contribution in [0.2, 0.25) is 5.02 Å². The lowest BCUT2D eigenvalue weighted by molar-refractivity contribution is 0.0842. The van der Waals surface area contributed by atoms with Gasteiger partial charge in [0.05, 0.1) is 19.8 Å². The molecule has 0 fully saturated rings. The molecule has 2 aromatic carbocycles. The molecule has 0 atom stereocenters. The Bertz CT molecular complexity index is 1060. The molecule has 2 amide bonds. The SMILES string of the molecule is COc1cc(Cl)ccc1C(=O)NNC(=O)c1ccn(-c2cc(C)ccc2OC)n1. The van der Waals surface area contributed by atoms with E-state index < -0.39 is 11.8 Å². The van der Waals surface area contributed by atoms with E-state index in [0.29, 0.717) is 22.2 Å². The number of carbonyl (C=O) groups excluding carboxylic acids is 2. The van der Waals surface area contributed by atoms with Gasteiger partial charge in [-0.1, -0.05) is 17.7 Å². The standard InChI is InChI=1S/C20H19ClN4O4/c1-12-4-7-17(28-2)16(10-12)25-9-8-15(24-25)20(27)23-22-19(26)14-6-5-13(21)11-18(14)29-3/h4-11H,1-3H3,(H,22,26)(H,23,27). The summed E-state index contributed by atoms with van der Waals surface area (Å²) in [5.41, 5.74) is 6.74. The van der Waals surface area contributed by atoms with Gasteiger partial charge in [0.25, 0.3) is 11.8 Å². The molecule has 8 nitrogen and oxygen atoms in total. The minimum atomic E-state index is -0.573. The molecule has 9 heteroatoms. The molecule has 0 saturated carbocycles. The van der Waals surface area contributed by atoms with Crippen molar-refractivity contribution >= 4 is 23.4 Å². The molecule has 0 unspecified atom stereocenters. The Morgan fingerprint density at radius 3 is 2.41 bits per heavy atom. The first-order chi connectivity index (χ1) is 13.9. The van der Waals surface area contributed by atoms with E-state index in [9.17, 15) is 9.59 Å². The molecule has 1 aromatic heterocycles. The van der Waals surface area contributed by atoms with Gasteiger partial charge in [0, 0.05) is 11.2 Å². The van der Waals surface area contributed by atoms with E-state index in [-0.39, 0.29) is 11.3 Å². The molecular formula is C20H19ClN4O4. The average Bonchev–Trinajstić information content (AvgIpc) is 3.21. The van der Waals surface area contributed by atoms with Crippen LogP contribution in [0.4, 0.5) is 0 Å². The number of hydrogen-bond donors (Lipinski definition) is 2. The van der Waals surface area contributed by atoms with Crippen molar-refractivity contribution in [1.82, 2.24) is 20.6 Å².